The molecule has 1 aliphatic carbocycles. The molecule has 0 unspecified atom stereocenters. The zero-order valence-corrected chi connectivity index (χ0v) is 25.4. The summed E-state index contributed by atoms with van der Waals surface area (Å²) in [4.78, 5) is 32.6. The number of alkyl halides is 2. The zero-order valence-electron chi connectivity index (χ0n) is 24.6. The molecule has 1 fully saturated rings. The van der Waals surface area contributed by atoms with Crippen molar-refractivity contribution in [1.82, 2.24) is 30.3 Å². The Morgan fingerprint density at radius 3 is 2.51 bits per heavy atom. The number of nitrogens with zero attached hydrogens (tertiary/aromatic N) is 4. The molecule has 0 saturated heterocycles. The van der Waals surface area contributed by atoms with Gasteiger partial charge in [0, 0.05) is 46.2 Å². The van der Waals surface area contributed by atoms with Crippen LogP contribution >= 0.6 is 11.6 Å². The molecule has 0 spiro atoms. The van der Waals surface area contributed by atoms with E-state index in [2.05, 4.69) is 20.7 Å². The van der Waals surface area contributed by atoms with E-state index in [1.54, 1.807) is 67.7 Å². The van der Waals surface area contributed by atoms with Crippen molar-refractivity contribution in [2.75, 3.05) is 13.2 Å². The number of ether oxygens (including phenoxy) is 1. The molecule has 0 aliphatic heterocycles. The normalized spacial score (nSPS) is 14.0. The first-order chi connectivity index (χ1) is 21.6. The van der Waals surface area contributed by atoms with Gasteiger partial charge in [-0.1, -0.05) is 35.9 Å². The smallest absolute Gasteiger partial charge is 0.407 e. The fraction of sp³-hybridized carbons (Fsp3) is 0.281. The number of halogens is 3. The number of guanidine groups is 1. The Morgan fingerprint density at radius 2 is 1.89 bits per heavy atom. The number of rotatable bonds is 10. The topological polar surface area (TPSA) is 125 Å². The van der Waals surface area contributed by atoms with Gasteiger partial charge in [-0.2, -0.15) is 13.9 Å². The highest BCUT2D eigenvalue weighted by molar-refractivity contribution is 6.33. The number of carbonyl (C=O) groups is 2. The van der Waals surface area contributed by atoms with E-state index < -0.39 is 24.6 Å². The van der Waals surface area contributed by atoms with Crippen molar-refractivity contribution in [2.45, 2.75) is 44.8 Å². The molecular weight excluding hydrogens is 604 g/mol. The van der Waals surface area contributed by atoms with E-state index in [1.807, 2.05) is 13.0 Å². The maximum atomic E-state index is 14.2. The summed E-state index contributed by atoms with van der Waals surface area (Å²) in [6, 6.07) is 16.0. The fourth-order valence-corrected chi connectivity index (χ4v) is 4.94. The number of amides is 2. The molecule has 2 amide bonds. The van der Waals surface area contributed by atoms with Gasteiger partial charge in [-0.15, -0.1) is 0 Å². The molecule has 2 aromatic carbocycles. The minimum absolute atomic E-state index is 0.206. The predicted octanol–water partition coefficient (Wildman–Crippen LogP) is 6.67. The molecule has 4 aromatic rings. The van der Waals surface area contributed by atoms with Crippen molar-refractivity contribution in [3.63, 3.8) is 0 Å². The van der Waals surface area contributed by atoms with E-state index in [9.17, 15) is 18.4 Å². The Balaban J connectivity index is 1.51. The van der Waals surface area contributed by atoms with E-state index in [-0.39, 0.29) is 23.7 Å². The summed E-state index contributed by atoms with van der Waals surface area (Å²) in [5, 5.41) is 18.7. The van der Waals surface area contributed by atoms with Gasteiger partial charge in [-0.25, -0.2) is 9.48 Å². The monoisotopic (exact) mass is 635 g/mol. The largest absolute Gasteiger partial charge is 0.447 e. The third-order valence-electron chi connectivity index (χ3n) is 7.47. The number of alkyl carbamates (subject to hydrolysis) is 1. The molecule has 0 radical (unpaired) electrons. The van der Waals surface area contributed by atoms with Gasteiger partial charge in [-0.05, 0) is 74.2 Å². The standard InChI is InChI=1S/C32H32ClF2N7O3/c1-3-37-30(36)42(28(43)21-9-7-20(8-10-21)23-17-39-41(18-23)29(34)35)27(19-45-31(44)40-32(2)13-14-32)22-11-12-25(33)24(16-22)26-6-4-5-15-38-26/h4-12,15-18,27,29H,3,13-14,19H2,1-2H3,(H2,36,37)(H,40,44)/t27-/m1/s1. The Kier molecular flexibility index (Phi) is 9.43. The number of hydrogen-bond acceptors (Lipinski definition) is 6. The molecule has 5 rings (SSSR count). The number of pyridine rings is 1. The van der Waals surface area contributed by atoms with Crippen molar-refractivity contribution in [1.29, 1.82) is 5.41 Å². The first-order valence-corrected chi connectivity index (χ1v) is 14.7. The van der Waals surface area contributed by atoms with Crippen LogP contribution in [0.3, 0.4) is 0 Å². The summed E-state index contributed by atoms with van der Waals surface area (Å²) in [5.74, 6) is -0.754. The lowest BCUT2D eigenvalue weighted by Gasteiger charge is -2.32. The number of aromatic nitrogens is 3. The lowest BCUT2D eigenvalue weighted by Crippen LogP contribution is -2.48. The van der Waals surface area contributed by atoms with Crippen molar-refractivity contribution >= 4 is 29.6 Å². The molecule has 45 heavy (non-hydrogen) atoms. The molecule has 3 N–H and O–H groups in total. The second-order valence-corrected chi connectivity index (χ2v) is 11.3. The predicted molar refractivity (Wildman–Crippen MR) is 166 cm³/mol. The average molecular weight is 636 g/mol. The van der Waals surface area contributed by atoms with Crippen LogP contribution in [0.4, 0.5) is 13.6 Å². The van der Waals surface area contributed by atoms with Gasteiger partial charge < -0.3 is 15.4 Å². The average Bonchev–Trinajstić information content (AvgIpc) is 3.53. The molecule has 1 atom stereocenters. The molecule has 234 valence electrons. The number of nitrogens with one attached hydrogen (secondary N) is 3. The van der Waals surface area contributed by atoms with E-state index in [0.717, 1.165) is 12.8 Å². The van der Waals surface area contributed by atoms with Gasteiger partial charge in [0.15, 0.2) is 5.96 Å². The van der Waals surface area contributed by atoms with Crippen LogP contribution in [-0.4, -0.2) is 56.3 Å². The Bertz CT molecular complexity index is 1680. The van der Waals surface area contributed by atoms with Crippen molar-refractivity contribution in [3.8, 4) is 22.4 Å². The zero-order chi connectivity index (χ0) is 32.1. The molecule has 2 heterocycles. The van der Waals surface area contributed by atoms with E-state index in [4.69, 9.17) is 21.7 Å². The third-order valence-corrected chi connectivity index (χ3v) is 7.80. The third kappa shape index (κ3) is 7.46. The van der Waals surface area contributed by atoms with Crippen LogP contribution in [0, 0.1) is 5.41 Å². The summed E-state index contributed by atoms with van der Waals surface area (Å²) < 4.78 is 32.3. The summed E-state index contributed by atoms with van der Waals surface area (Å²) in [5.41, 5.74) is 2.70. The Morgan fingerprint density at radius 1 is 1.13 bits per heavy atom. The van der Waals surface area contributed by atoms with E-state index >= 15 is 0 Å². The van der Waals surface area contributed by atoms with Crippen LogP contribution in [0.25, 0.3) is 22.4 Å². The molecule has 1 aliphatic rings. The number of benzene rings is 2. The maximum absolute atomic E-state index is 14.2. The summed E-state index contributed by atoms with van der Waals surface area (Å²) in [6.07, 6.45) is 5.22. The van der Waals surface area contributed by atoms with Gasteiger partial charge in [0.05, 0.1) is 17.9 Å². The minimum atomic E-state index is -2.77. The maximum Gasteiger partial charge on any atom is 0.407 e. The lowest BCUT2D eigenvalue weighted by atomic mass is 10.00. The quantitative estimate of drug-likeness (QED) is 0.132. The molecule has 2 aromatic heterocycles. The lowest BCUT2D eigenvalue weighted by molar-refractivity contribution is 0.0566. The minimum Gasteiger partial charge on any atom is -0.447 e. The highest BCUT2D eigenvalue weighted by Crippen LogP contribution is 2.35. The molecule has 13 heteroatoms. The van der Waals surface area contributed by atoms with Gasteiger partial charge >= 0.3 is 12.6 Å². The SMILES string of the molecule is CCNC(=N)N(C(=O)c1ccc(-c2cnn(C(F)F)c2)cc1)[C@H](COC(=O)NC1(C)CC1)c1ccc(Cl)c(-c2ccccn2)c1. The fourth-order valence-electron chi connectivity index (χ4n) is 4.73. The Labute approximate surface area is 263 Å². The highest BCUT2D eigenvalue weighted by Gasteiger charge is 2.40. The summed E-state index contributed by atoms with van der Waals surface area (Å²) in [7, 11) is 0. The second kappa shape index (κ2) is 13.4. The first kappa shape index (κ1) is 31.6. The van der Waals surface area contributed by atoms with Crippen LogP contribution in [0.5, 0.6) is 0 Å². The molecular formula is C32H32ClF2N7O3. The van der Waals surface area contributed by atoms with E-state index in [1.165, 1.54) is 17.3 Å². The number of hydrogen-bond donors (Lipinski definition) is 3. The second-order valence-electron chi connectivity index (χ2n) is 10.9. The van der Waals surface area contributed by atoms with Crippen molar-refractivity contribution in [3.05, 3.63) is 95.4 Å². The van der Waals surface area contributed by atoms with Gasteiger partial charge in [-0.3, -0.25) is 20.1 Å². The van der Waals surface area contributed by atoms with Crippen LogP contribution in [0.2, 0.25) is 5.02 Å². The molecule has 0 bridgehead atoms. The van der Waals surface area contributed by atoms with Gasteiger partial charge in [0.1, 0.15) is 6.61 Å². The van der Waals surface area contributed by atoms with E-state index in [0.29, 0.717) is 44.2 Å². The van der Waals surface area contributed by atoms with Crippen LogP contribution in [0.1, 0.15) is 55.2 Å². The number of carbonyl (C=O) groups excluding carboxylic acids is 2. The summed E-state index contributed by atoms with van der Waals surface area (Å²) in [6.45, 7) is 1.02. The first-order valence-electron chi connectivity index (χ1n) is 14.3. The molecule has 10 nitrogen and oxygen atoms in total. The molecule has 1 saturated carbocycles. The van der Waals surface area contributed by atoms with Crippen molar-refractivity contribution < 1.29 is 23.1 Å². The summed E-state index contributed by atoms with van der Waals surface area (Å²) >= 11 is 6.56. The van der Waals surface area contributed by atoms with Crippen LogP contribution in [0.15, 0.2) is 79.3 Å². The Hall–Kier alpha value is -4.84. The highest BCUT2D eigenvalue weighted by atomic mass is 35.5. The van der Waals surface area contributed by atoms with Crippen LogP contribution in [-0.2, 0) is 4.74 Å². The van der Waals surface area contributed by atoms with Crippen molar-refractivity contribution in [2.24, 2.45) is 0 Å². The van der Waals surface area contributed by atoms with Gasteiger partial charge in [0.2, 0.25) is 0 Å². The van der Waals surface area contributed by atoms with Gasteiger partial charge in [0.25, 0.3) is 5.91 Å². The van der Waals surface area contributed by atoms with Crippen LogP contribution < -0.4 is 10.6 Å².